The first-order chi connectivity index (χ1) is 9.65. The highest BCUT2D eigenvalue weighted by Gasteiger charge is 2.18. The Hall–Kier alpha value is -2.13. The Labute approximate surface area is 122 Å². The fourth-order valence-electron chi connectivity index (χ4n) is 1.45. The van der Waals surface area contributed by atoms with E-state index < -0.39 is 28.4 Å². The summed E-state index contributed by atoms with van der Waals surface area (Å²) in [6.45, 7) is -0.413. The summed E-state index contributed by atoms with van der Waals surface area (Å²) >= 11 is 0. The van der Waals surface area contributed by atoms with E-state index in [0.29, 0.717) is 5.75 Å². The average molecular weight is 316 g/mol. The number of methoxy groups -OCH3 is 1. The van der Waals surface area contributed by atoms with Crippen molar-refractivity contribution in [1.82, 2.24) is 4.31 Å². The number of rotatable bonds is 6. The van der Waals surface area contributed by atoms with Crippen LogP contribution in [0.15, 0.2) is 18.2 Å². The van der Waals surface area contributed by atoms with Crippen LogP contribution in [0.25, 0.3) is 0 Å². The van der Waals surface area contributed by atoms with Crippen molar-refractivity contribution in [2.45, 2.75) is 0 Å². The van der Waals surface area contributed by atoms with Gasteiger partial charge in [-0.15, -0.1) is 0 Å². The van der Waals surface area contributed by atoms with Crippen LogP contribution in [0.4, 0.5) is 5.69 Å². The van der Waals surface area contributed by atoms with Crippen molar-refractivity contribution >= 4 is 27.6 Å². The van der Waals surface area contributed by atoms with Gasteiger partial charge in [0, 0.05) is 7.05 Å². The molecule has 1 amide bonds. The van der Waals surface area contributed by atoms with Gasteiger partial charge in [-0.05, 0) is 18.2 Å². The minimum absolute atomic E-state index is 0.0650. The molecular formula is C12H16N2O6S. The summed E-state index contributed by atoms with van der Waals surface area (Å²) in [5.74, 6) is -1.55. The van der Waals surface area contributed by atoms with Crippen molar-refractivity contribution in [3.05, 3.63) is 23.8 Å². The Kier molecular flexibility index (Phi) is 5.28. The molecule has 9 heteroatoms. The van der Waals surface area contributed by atoms with Crippen molar-refractivity contribution in [3.63, 3.8) is 0 Å². The third-order valence-corrected chi connectivity index (χ3v) is 3.93. The molecule has 0 aliphatic heterocycles. The van der Waals surface area contributed by atoms with Crippen LogP contribution < -0.4 is 10.1 Å². The first-order valence-corrected chi connectivity index (χ1v) is 7.62. The van der Waals surface area contributed by atoms with Gasteiger partial charge in [-0.3, -0.25) is 4.79 Å². The summed E-state index contributed by atoms with van der Waals surface area (Å²) in [5.41, 5.74) is -0.0834. The van der Waals surface area contributed by atoms with Gasteiger partial charge in [-0.25, -0.2) is 13.2 Å². The first kappa shape index (κ1) is 16.9. The number of hydrogen-bond donors (Lipinski definition) is 2. The molecule has 8 nitrogen and oxygen atoms in total. The molecule has 21 heavy (non-hydrogen) atoms. The molecule has 0 saturated heterocycles. The fraction of sp³-hybridized carbons (Fsp3) is 0.333. The summed E-state index contributed by atoms with van der Waals surface area (Å²) in [6.07, 6.45) is 0.969. The zero-order valence-electron chi connectivity index (χ0n) is 11.8. The van der Waals surface area contributed by atoms with Crippen LogP contribution in [0.5, 0.6) is 5.75 Å². The number of amides is 1. The summed E-state index contributed by atoms with van der Waals surface area (Å²) in [5, 5.41) is 11.5. The minimum Gasteiger partial charge on any atom is -0.497 e. The summed E-state index contributed by atoms with van der Waals surface area (Å²) < 4.78 is 28.2. The zero-order chi connectivity index (χ0) is 16.2. The van der Waals surface area contributed by atoms with E-state index in [1.54, 1.807) is 0 Å². The lowest BCUT2D eigenvalue weighted by Gasteiger charge is -2.15. The highest BCUT2D eigenvalue weighted by Crippen LogP contribution is 2.22. The van der Waals surface area contributed by atoms with Gasteiger partial charge in [0.1, 0.15) is 5.75 Å². The topological polar surface area (TPSA) is 113 Å². The number of anilines is 1. The quantitative estimate of drug-likeness (QED) is 0.776. The number of hydrogen-bond acceptors (Lipinski definition) is 5. The van der Waals surface area contributed by atoms with Gasteiger partial charge < -0.3 is 15.2 Å². The van der Waals surface area contributed by atoms with E-state index in [1.165, 1.54) is 32.4 Å². The highest BCUT2D eigenvalue weighted by molar-refractivity contribution is 7.88. The number of ether oxygens (including phenoxy) is 1. The van der Waals surface area contributed by atoms with Crippen LogP contribution in [0.2, 0.25) is 0 Å². The average Bonchev–Trinajstić information content (AvgIpc) is 2.37. The molecule has 0 spiro atoms. The van der Waals surface area contributed by atoms with Crippen LogP contribution in [0, 0.1) is 0 Å². The largest absolute Gasteiger partial charge is 0.497 e. The van der Waals surface area contributed by atoms with Crippen LogP contribution in [-0.2, 0) is 14.8 Å². The van der Waals surface area contributed by atoms with Crippen LogP contribution in [0.3, 0.4) is 0 Å². The van der Waals surface area contributed by atoms with Gasteiger partial charge in [-0.2, -0.15) is 4.31 Å². The van der Waals surface area contributed by atoms with Gasteiger partial charge in [0.2, 0.25) is 15.9 Å². The smallest absolute Gasteiger partial charge is 0.337 e. The van der Waals surface area contributed by atoms with Crippen LogP contribution in [-0.4, -0.2) is 56.7 Å². The molecule has 0 bridgehead atoms. The maximum atomic E-state index is 11.8. The third-order valence-electron chi connectivity index (χ3n) is 2.66. The maximum absolute atomic E-state index is 11.8. The molecule has 0 aliphatic rings. The molecule has 0 fully saturated rings. The van der Waals surface area contributed by atoms with E-state index in [1.807, 2.05) is 0 Å². The second-order valence-electron chi connectivity index (χ2n) is 4.28. The Morgan fingerprint density at radius 1 is 1.38 bits per heavy atom. The molecule has 0 saturated carbocycles. The third kappa shape index (κ3) is 4.72. The molecule has 0 atom stereocenters. The second-order valence-corrected chi connectivity index (χ2v) is 6.37. The molecule has 2 N–H and O–H groups in total. The number of carboxylic acid groups (broad SMARTS) is 1. The zero-order valence-corrected chi connectivity index (χ0v) is 12.6. The second kappa shape index (κ2) is 6.55. The lowest BCUT2D eigenvalue weighted by atomic mass is 10.1. The van der Waals surface area contributed by atoms with Gasteiger partial charge in [0.05, 0.1) is 31.2 Å². The normalized spacial score (nSPS) is 11.2. The van der Waals surface area contributed by atoms with E-state index in [0.717, 1.165) is 10.6 Å². The van der Waals surface area contributed by atoms with E-state index in [-0.39, 0.29) is 11.3 Å². The summed E-state index contributed by atoms with van der Waals surface area (Å²) in [4.78, 5) is 22.9. The number of carbonyl (C=O) groups is 2. The standard InChI is InChI=1S/C12H16N2O6S/c1-14(21(3,18)19)7-11(15)13-10-5-4-8(20-2)6-9(10)12(16)17/h4-6H,7H2,1-3H3,(H,13,15)(H,16,17). The molecule has 0 unspecified atom stereocenters. The number of benzene rings is 1. The molecule has 116 valence electrons. The van der Waals surface area contributed by atoms with Gasteiger partial charge >= 0.3 is 5.97 Å². The number of nitrogens with one attached hydrogen (secondary N) is 1. The van der Waals surface area contributed by atoms with E-state index >= 15 is 0 Å². The van der Waals surface area contributed by atoms with Crippen molar-refractivity contribution < 1.29 is 27.9 Å². The predicted molar refractivity (Wildman–Crippen MR) is 76.1 cm³/mol. The number of carbonyl (C=O) groups excluding carboxylic acids is 1. The molecule has 0 radical (unpaired) electrons. The number of carboxylic acids is 1. The fourth-order valence-corrected chi connectivity index (χ4v) is 1.80. The van der Waals surface area contributed by atoms with Gasteiger partial charge in [-0.1, -0.05) is 0 Å². The van der Waals surface area contributed by atoms with Gasteiger partial charge in [0.15, 0.2) is 0 Å². The Morgan fingerprint density at radius 3 is 2.48 bits per heavy atom. The molecule has 1 rings (SSSR count). The van der Waals surface area contributed by atoms with Crippen molar-refractivity contribution in [3.8, 4) is 5.75 Å². The molecule has 1 aromatic carbocycles. The molecule has 0 heterocycles. The highest BCUT2D eigenvalue weighted by atomic mass is 32.2. The lowest BCUT2D eigenvalue weighted by Crippen LogP contribution is -2.34. The van der Waals surface area contributed by atoms with Crippen LogP contribution >= 0.6 is 0 Å². The van der Waals surface area contributed by atoms with Crippen molar-refractivity contribution in [2.75, 3.05) is 32.3 Å². The molecule has 1 aromatic rings. The summed E-state index contributed by atoms with van der Waals surface area (Å²) in [7, 11) is -0.851. The van der Waals surface area contributed by atoms with Crippen molar-refractivity contribution in [2.24, 2.45) is 0 Å². The Morgan fingerprint density at radius 2 is 2.00 bits per heavy atom. The first-order valence-electron chi connectivity index (χ1n) is 5.77. The monoisotopic (exact) mass is 316 g/mol. The number of nitrogens with zero attached hydrogens (tertiary/aromatic N) is 1. The number of aromatic carboxylic acids is 1. The van der Waals surface area contributed by atoms with Crippen molar-refractivity contribution in [1.29, 1.82) is 0 Å². The Bertz CT molecular complexity index is 656. The molecule has 0 aromatic heterocycles. The summed E-state index contributed by atoms with van der Waals surface area (Å²) in [6, 6.07) is 4.13. The van der Waals surface area contributed by atoms with E-state index in [9.17, 15) is 18.0 Å². The SMILES string of the molecule is COc1ccc(NC(=O)CN(C)S(C)(=O)=O)c(C(=O)O)c1. The predicted octanol–water partition coefficient (Wildman–Crippen LogP) is 0.223. The number of sulfonamides is 1. The lowest BCUT2D eigenvalue weighted by molar-refractivity contribution is -0.116. The van der Waals surface area contributed by atoms with Gasteiger partial charge in [0.25, 0.3) is 0 Å². The molecule has 0 aliphatic carbocycles. The van der Waals surface area contributed by atoms with E-state index in [2.05, 4.69) is 5.32 Å². The number of likely N-dealkylation sites (N-methyl/N-ethyl adjacent to an activating group) is 1. The maximum Gasteiger partial charge on any atom is 0.337 e. The Balaban J connectivity index is 2.93. The van der Waals surface area contributed by atoms with Crippen LogP contribution in [0.1, 0.15) is 10.4 Å². The van der Waals surface area contributed by atoms with E-state index in [4.69, 9.17) is 9.84 Å². The minimum atomic E-state index is -3.49. The molecular weight excluding hydrogens is 300 g/mol.